The summed E-state index contributed by atoms with van der Waals surface area (Å²) in [5, 5.41) is 0. The van der Waals surface area contributed by atoms with Crippen LogP contribution in [0.15, 0.2) is 35.4 Å². The third-order valence-corrected chi connectivity index (χ3v) is 5.37. The van der Waals surface area contributed by atoms with Gasteiger partial charge in [-0.3, -0.25) is 9.59 Å². The molecule has 3 nitrogen and oxygen atoms in total. The van der Waals surface area contributed by atoms with E-state index in [4.69, 9.17) is 0 Å². The van der Waals surface area contributed by atoms with Gasteiger partial charge in [0.25, 0.3) is 0 Å². The smallest absolute Gasteiger partial charge is 0.241 e. The number of anilines is 1. The Kier molecular flexibility index (Phi) is 3.05. The molecule has 1 aliphatic carbocycles. The number of benzene rings is 1. The van der Waals surface area contributed by atoms with Crippen LogP contribution in [0, 0.1) is 5.41 Å². The van der Waals surface area contributed by atoms with Crippen LogP contribution in [0.3, 0.4) is 0 Å². The van der Waals surface area contributed by atoms with Gasteiger partial charge in [-0.1, -0.05) is 29.3 Å². The van der Waals surface area contributed by atoms with Gasteiger partial charge in [0.05, 0.1) is 0 Å². The van der Waals surface area contributed by atoms with E-state index in [-0.39, 0.29) is 17.6 Å². The predicted octanol–water partition coefficient (Wildman–Crippen LogP) is 3.45. The van der Waals surface area contributed by atoms with Gasteiger partial charge < -0.3 is 4.90 Å². The van der Waals surface area contributed by atoms with Crippen molar-refractivity contribution in [2.75, 3.05) is 11.9 Å². The summed E-state index contributed by atoms with van der Waals surface area (Å²) in [5.41, 5.74) is 3.65. The van der Waals surface area contributed by atoms with Crippen LogP contribution in [0.1, 0.15) is 45.1 Å². The third kappa shape index (κ3) is 1.73. The summed E-state index contributed by atoms with van der Waals surface area (Å²) in [6.45, 7) is 5.73. The minimum atomic E-state index is -0.910. The highest BCUT2D eigenvalue weighted by atomic mass is 16.2. The lowest BCUT2D eigenvalue weighted by Crippen LogP contribution is -2.55. The molecule has 0 N–H and O–H groups in total. The van der Waals surface area contributed by atoms with Gasteiger partial charge in [0.2, 0.25) is 5.91 Å². The molecule has 2 aliphatic rings. The zero-order valence-corrected chi connectivity index (χ0v) is 13.1. The maximum absolute atomic E-state index is 13.0. The van der Waals surface area contributed by atoms with Crippen LogP contribution in [-0.2, 0) is 9.59 Å². The zero-order valence-electron chi connectivity index (χ0n) is 13.1. The Morgan fingerprint density at radius 1 is 1.24 bits per heavy atom. The van der Waals surface area contributed by atoms with Gasteiger partial charge in [-0.2, -0.15) is 0 Å². The largest absolute Gasteiger partial charge is 0.314 e. The highest BCUT2D eigenvalue weighted by Gasteiger charge is 2.56. The lowest BCUT2D eigenvalue weighted by Gasteiger charge is -2.48. The summed E-state index contributed by atoms with van der Waals surface area (Å²) in [5.74, 6) is -0.0881. The van der Waals surface area contributed by atoms with E-state index < -0.39 is 5.41 Å². The molecule has 3 heteroatoms. The molecule has 0 spiro atoms. The maximum atomic E-state index is 13.0. The fourth-order valence-electron chi connectivity index (χ4n) is 3.96. The number of carbonyl (C=O) groups is 2. The number of amides is 1. The average Bonchev–Trinajstić information content (AvgIpc) is 2.46. The number of Topliss-reactive ketones (excluding diaryl/α,β-unsaturated/α-hetero) is 1. The summed E-state index contributed by atoms with van der Waals surface area (Å²) in [7, 11) is 1.78. The lowest BCUT2D eigenvalue weighted by molar-refractivity contribution is -0.142. The van der Waals surface area contributed by atoms with Gasteiger partial charge in [0.15, 0.2) is 0 Å². The van der Waals surface area contributed by atoms with Crippen LogP contribution in [0.5, 0.6) is 0 Å². The summed E-state index contributed by atoms with van der Waals surface area (Å²) in [6, 6.07) is 7.97. The SMILES string of the molecule is CC(=O)[C@]12CC(C)=C(C)C[C@H]1c1ccccc1N(C)C2=O. The quantitative estimate of drug-likeness (QED) is 0.585. The number of hydrogen-bond acceptors (Lipinski definition) is 2. The third-order valence-electron chi connectivity index (χ3n) is 5.37. The van der Waals surface area contributed by atoms with Gasteiger partial charge in [-0.15, -0.1) is 0 Å². The standard InChI is InChI=1S/C18H21NO2/c1-11-9-15-14-7-5-6-8-16(14)19(4)17(21)18(15,13(3)20)10-12(11)2/h5-8,15H,9-10H2,1-4H3/t15-,18+/m0/s1. The molecule has 0 bridgehead atoms. The highest BCUT2D eigenvalue weighted by molar-refractivity contribution is 6.15. The summed E-state index contributed by atoms with van der Waals surface area (Å²) >= 11 is 0. The molecule has 1 amide bonds. The molecule has 3 rings (SSSR count). The molecule has 0 fully saturated rings. The second-order valence-electron chi connectivity index (χ2n) is 6.44. The van der Waals surface area contributed by atoms with Crippen molar-refractivity contribution in [2.24, 2.45) is 5.41 Å². The van der Waals surface area contributed by atoms with Crippen LogP contribution in [0.4, 0.5) is 5.69 Å². The van der Waals surface area contributed by atoms with E-state index in [9.17, 15) is 9.59 Å². The summed E-state index contributed by atoms with van der Waals surface area (Å²) in [6.07, 6.45) is 1.35. The van der Waals surface area contributed by atoms with Gasteiger partial charge in [0, 0.05) is 18.7 Å². The first kappa shape index (κ1) is 14.1. The first-order chi connectivity index (χ1) is 9.89. The number of rotatable bonds is 1. The Morgan fingerprint density at radius 2 is 1.90 bits per heavy atom. The molecule has 1 aromatic rings. The van der Waals surface area contributed by atoms with Crippen LogP contribution in [0.25, 0.3) is 0 Å². The van der Waals surface area contributed by atoms with E-state index in [0.717, 1.165) is 17.7 Å². The Hall–Kier alpha value is -1.90. The van der Waals surface area contributed by atoms with Gasteiger partial charge in [-0.25, -0.2) is 0 Å². The lowest BCUT2D eigenvalue weighted by atomic mass is 9.58. The number of nitrogens with zero attached hydrogens (tertiary/aromatic N) is 1. The van der Waals surface area contributed by atoms with Gasteiger partial charge in [-0.05, 0) is 45.2 Å². The molecule has 0 saturated heterocycles. The van der Waals surface area contributed by atoms with E-state index >= 15 is 0 Å². The number of para-hydroxylation sites is 1. The van der Waals surface area contributed by atoms with Gasteiger partial charge in [0.1, 0.15) is 11.2 Å². The second-order valence-corrected chi connectivity index (χ2v) is 6.44. The van der Waals surface area contributed by atoms with E-state index in [1.807, 2.05) is 25.1 Å². The number of fused-ring (bicyclic) bond motifs is 3. The Balaban J connectivity index is 2.29. The summed E-state index contributed by atoms with van der Waals surface area (Å²) in [4.78, 5) is 27.2. The normalized spacial score (nSPS) is 28.3. The minimum absolute atomic E-state index is 0.00861. The molecule has 2 atom stereocenters. The van der Waals surface area contributed by atoms with Crippen molar-refractivity contribution in [1.29, 1.82) is 0 Å². The minimum Gasteiger partial charge on any atom is -0.314 e. The van der Waals surface area contributed by atoms with Crippen molar-refractivity contribution in [1.82, 2.24) is 0 Å². The number of ketones is 1. The van der Waals surface area contributed by atoms with E-state index in [0.29, 0.717) is 6.42 Å². The molecule has 0 radical (unpaired) electrons. The predicted molar refractivity (Wildman–Crippen MR) is 83.3 cm³/mol. The van der Waals surface area contributed by atoms with Crippen LogP contribution in [-0.4, -0.2) is 18.7 Å². The van der Waals surface area contributed by atoms with Crippen molar-refractivity contribution in [3.63, 3.8) is 0 Å². The molecule has 1 aromatic carbocycles. The van der Waals surface area contributed by atoms with E-state index in [2.05, 4.69) is 13.0 Å². The van der Waals surface area contributed by atoms with E-state index in [1.54, 1.807) is 18.9 Å². The summed E-state index contributed by atoms with van der Waals surface area (Å²) < 4.78 is 0. The molecule has 0 unspecified atom stereocenters. The van der Waals surface area contributed by atoms with Crippen molar-refractivity contribution >= 4 is 17.4 Å². The maximum Gasteiger partial charge on any atom is 0.241 e. The average molecular weight is 283 g/mol. The molecule has 0 saturated carbocycles. The van der Waals surface area contributed by atoms with Gasteiger partial charge >= 0.3 is 0 Å². The number of hydrogen-bond donors (Lipinski definition) is 0. The molecular weight excluding hydrogens is 262 g/mol. The van der Waals surface area contributed by atoms with Crippen molar-refractivity contribution in [3.8, 4) is 0 Å². The molecule has 1 heterocycles. The Morgan fingerprint density at radius 3 is 2.57 bits per heavy atom. The zero-order chi connectivity index (χ0) is 15.4. The molecule has 21 heavy (non-hydrogen) atoms. The number of carbonyl (C=O) groups excluding carboxylic acids is 2. The molecular formula is C18H21NO2. The molecule has 110 valence electrons. The topological polar surface area (TPSA) is 37.4 Å². The fourth-order valence-corrected chi connectivity index (χ4v) is 3.96. The Bertz CT molecular complexity index is 674. The Labute approximate surface area is 125 Å². The first-order valence-corrected chi connectivity index (χ1v) is 7.43. The van der Waals surface area contributed by atoms with Crippen molar-refractivity contribution < 1.29 is 9.59 Å². The van der Waals surface area contributed by atoms with Crippen molar-refractivity contribution in [3.05, 3.63) is 41.0 Å². The monoisotopic (exact) mass is 283 g/mol. The molecule has 0 aromatic heterocycles. The van der Waals surface area contributed by atoms with Crippen LogP contribution >= 0.6 is 0 Å². The molecule has 1 aliphatic heterocycles. The number of allylic oxidation sites excluding steroid dienone is 2. The first-order valence-electron chi connectivity index (χ1n) is 7.43. The fraction of sp³-hybridized carbons (Fsp3) is 0.444. The second kappa shape index (κ2) is 4.55. The van der Waals surface area contributed by atoms with Crippen molar-refractivity contribution in [2.45, 2.75) is 39.5 Å². The van der Waals surface area contributed by atoms with Crippen LogP contribution < -0.4 is 4.90 Å². The highest BCUT2D eigenvalue weighted by Crippen LogP contribution is 2.55. The van der Waals surface area contributed by atoms with E-state index in [1.165, 1.54) is 11.1 Å². The van der Waals surface area contributed by atoms with Crippen LogP contribution in [0.2, 0.25) is 0 Å².